The van der Waals surface area contributed by atoms with Crippen LogP contribution in [0.25, 0.3) is 22.3 Å². The first-order valence-electron chi connectivity index (χ1n) is 12.9. The summed E-state index contributed by atoms with van der Waals surface area (Å²) in [6, 6.07) is 33.9. The number of hydrogen-bond acceptors (Lipinski definition) is 4. The molecule has 5 rings (SSSR count). The number of anilines is 2. The van der Waals surface area contributed by atoms with E-state index in [0.717, 1.165) is 11.1 Å². The second-order valence-electron chi connectivity index (χ2n) is 9.35. The van der Waals surface area contributed by atoms with Crippen molar-refractivity contribution in [3.63, 3.8) is 0 Å². The fourth-order valence-electron chi connectivity index (χ4n) is 4.49. The second-order valence-corrected chi connectivity index (χ2v) is 9.35. The lowest BCUT2D eigenvalue weighted by Gasteiger charge is -2.12. The third kappa shape index (κ3) is 6.08. The summed E-state index contributed by atoms with van der Waals surface area (Å²) in [6.07, 6.45) is 0. The van der Waals surface area contributed by atoms with Gasteiger partial charge in [0, 0.05) is 11.4 Å². The van der Waals surface area contributed by atoms with Crippen LogP contribution in [0.4, 0.5) is 11.4 Å². The van der Waals surface area contributed by atoms with Crippen LogP contribution in [-0.2, 0) is 0 Å². The molecule has 42 heavy (non-hydrogen) atoms. The van der Waals surface area contributed by atoms with Gasteiger partial charge in [-0.3, -0.25) is 9.59 Å². The van der Waals surface area contributed by atoms with Gasteiger partial charge in [-0.2, -0.15) is 0 Å². The summed E-state index contributed by atoms with van der Waals surface area (Å²) >= 11 is 0. The summed E-state index contributed by atoms with van der Waals surface area (Å²) in [4.78, 5) is 49.8. The van der Waals surface area contributed by atoms with Gasteiger partial charge in [0.1, 0.15) is 0 Å². The van der Waals surface area contributed by atoms with E-state index in [9.17, 15) is 29.4 Å². The maximum Gasteiger partial charge on any atom is 0.336 e. The van der Waals surface area contributed by atoms with Gasteiger partial charge < -0.3 is 20.8 Å². The molecule has 0 saturated heterocycles. The van der Waals surface area contributed by atoms with Crippen LogP contribution < -0.4 is 10.6 Å². The Hall–Kier alpha value is -6.02. The number of carbonyl (C=O) groups excluding carboxylic acids is 2. The number of benzene rings is 5. The van der Waals surface area contributed by atoms with Crippen molar-refractivity contribution in [1.82, 2.24) is 0 Å². The minimum absolute atomic E-state index is 0.000676. The highest BCUT2D eigenvalue weighted by atomic mass is 16.4. The molecule has 5 aromatic carbocycles. The van der Waals surface area contributed by atoms with Crippen LogP contribution in [0.2, 0.25) is 0 Å². The number of hydrogen-bond donors (Lipinski definition) is 4. The van der Waals surface area contributed by atoms with Crippen LogP contribution in [-0.4, -0.2) is 34.0 Å². The number of carboxylic acids is 2. The molecule has 0 bridgehead atoms. The van der Waals surface area contributed by atoms with Crippen LogP contribution in [0, 0.1) is 0 Å². The van der Waals surface area contributed by atoms with E-state index < -0.39 is 23.8 Å². The Balaban J connectivity index is 1.34. The number of carboxylic acid groups (broad SMARTS) is 2. The summed E-state index contributed by atoms with van der Waals surface area (Å²) in [5.74, 6) is -3.67. The van der Waals surface area contributed by atoms with Gasteiger partial charge in [0.2, 0.25) is 0 Å². The molecule has 8 heteroatoms. The van der Waals surface area contributed by atoms with E-state index in [1.165, 1.54) is 24.3 Å². The van der Waals surface area contributed by atoms with Crippen LogP contribution in [0.3, 0.4) is 0 Å². The van der Waals surface area contributed by atoms with E-state index in [2.05, 4.69) is 10.6 Å². The molecule has 0 heterocycles. The van der Waals surface area contributed by atoms with E-state index >= 15 is 0 Å². The topological polar surface area (TPSA) is 133 Å². The minimum Gasteiger partial charge on any atom is -0.478 e. The van der Waals surface area contributed by atoms with Gasteiger partial charge in [-0.1, -0.05) is 72.8 Å². The van der Waals surface area contributed by atoms with Crippen molar-refractivity contribution in [3.8, 4) is 22.3 Å². The highest BCUT2D eigenvalue weighted by Crippen LogP contribution is 2.26. The van der Waals surface area contributed by atoms with Crippen molar-refractivity contribution in [2.24, 2.45) is 0 Å². The second kappa shape index (κ2) is 12.0. The zero-order valence-electron chi connectivity index (χ0n) is 22.1. The smallest absolute Gasteiger partial charge is 0.336 e. The minimum atomic E-state index is -1.23. The standard InChI is InChI=1S/C34H24N2O6/c37-31(29-19-23(11-17-27(29)33(39)40)21-7-3-1-4-8-21)35-25-13-15-26(16-14-25)36-32(38)30-20-24(12-18-28(30)34(41)42)22-9-5-2-6-10-22/h1-20H,(H,35,37)(H,36,38)(H,39,40)(H,41,42). The van der Waals surface area contributed by atoms with Crippen molar-refractivity contribution < 1.29 is 29.4 Å². The summed E-state index contributed by atoms with van der Waals surface area (Å²) < 4.78 is 0. The summed E-state index contributed by atoms with van der Waals surface area (Å²) in [5, 5.41) is 24.7. The molecule has 206 valence electrons. The molecule has 0 fully saturated rings. The fraction of sp³-hybridized carbons (Fsp3) is 0. The monoisotopic (exact) mass is 556 g/mol. The molecular weight excluding hydrogens is 532 g/mol. The van der Waals surface area contributed by atoms with E-state index in [-0.39, 0.29) is 22.3 Å². The van der Waals surface area contributed by atoms with Crippen LogP contribution in [0.15, 0.2) is 121 Å². The molecular formula is C34H24N2O6. The van der Waals surface area contributed by atoms with Gasteiger partial charge in [0.05, 0.1) is 22.3 Å². The normalized spacial score (nSPS) is 10.5. The highest BCUT2D eigenvalue weighted by molar-refractivity contribution is 6.12. The Labute approximate surface area is 240 Å². The largest absolute Gasteiger partial charge is 0.478 e. The summed E-state index contributed by atoms with van der Waals surface area (Å²) in [5.41, 5.74) is 3.54. The molecule has 4 N–H and O–H groups in total. The first-order valence-corrected chi connectivity index (χ1v) is 12.9. The fourth-order valence-corrected chi connectivity index (χ4v) is 4.49. The molecule has 0 spiro atoms. The van der Waals surface area contributed by atoms with E-state index in [1.807, 2.05) is 60.7 Å². The predicted molar refractivity (Wildman–Crippen MR) is 160 cm³/mol. The first-order chi connectivity index (χ1) is 20.3. The molecule has 8 nitrogen and oxygen atoms in total. The highest BCUT2D eigenvalue weighted by Gasteiger charge is 2.20. The molecule has 0 unspecified atom stereocenters. The average Bonchev–Trinajstić information content (AvgIpc) is 3.02. The van der Waals surface area contributed by atoms with E-state index in [4.69, 9.17) is 0 Å². The number of nitrogens with one attached hydrogen (secondary N) is 2. The zero-order valence-corrected chi connectivity index (χ0v) is 22.1. The molecule has 0 aliphatic carbocycles. The Morgan fingerprint density at radius 2 is 0.762 bits per heavy atom. The SMILES string of the molecule is O=C(O)c1ccc(-c2ccccc2)cc1C(=O)Nc1ccc(NC(=O)c2cc(-c3ccccc3)ccc2C(=O)O)cc1. The van der Waals surface area contributed by atoms with Crippen molar-refractivity contribution in [2.45, 2.75) is 0 Å². The van der Waals surface area contributed by atoms with Gasteiger partial charge in [-0.15, -0.1) is 0 Å². The predicted octanol–water partition coefficient (Wildman–Crippen LogP) is 6.92. The van der Waals surface area contributed by atoms with Crippen LogP contribution in [0.5, 0.6) is 0 Å². The van der Waals surface area contributed by atoms with Crippen molar-refractivity contribution in [3.05, 3.63) is 144 Å². The average molecular weight is 557 g/mol. The number of rotatable bonds is 8. The van der Waals surface area contributed by atoms with E-state index in [0.29, 0.717) is 22.5 Å². The maximum atomic E-state index is 13.1. The van der Waals surface area contributed by atoms with Crippen molar-refractivity contribution in [1.29, 1.82) is 0 Å². The molecule has 0 aliphatic rings. The number of carbonyl (C=O) groups is 4. The summed E-state index contributed by atoms with van der Waals surface area (Å²) in [7, 11) is 0. The lowest BCUT2D eigenvalue weighted by molar-refractivity contribution is 0.0683. The lowest BCUT2D eigenvalue weighted by Crippen LogP contribution is -2.17. The molecule has 2 amide bonds. The van der Waals surface area contributed by atoms with Gasteiger partial charge >= 0.3 is 11.9 Å². The first kappa shape index (κ1) is 27.5. The quantitative estimate of drug-likeness (QED) is 0.164. The zero-order chi connectivity index (χ0) is 29.6. The maximum absolute atomic E-state index is 13.1. The molecule has 0 atom stereocenters. The number of amides is 2. The Bertz CT molecular complexity index is 1670. The number of aromatic carboxylic acids is 2. The van der Waals surface area contributed by atoms with Crippen LogP contribution in [0.1, 0.15) is 41.4 Å². The Morgan fingerprint density at radius 1 is 0.405 bits per heavy atom. The van der Waals surface area contributed by atoms with Gasteiger partial charge in [-0.25, -0.2) is 9.59 Å². The van der Waals surface area contributed by atoms with Crippen LogP contribution >= 0.6 is 0 Å². The molecule has 0 aliphatic heterocycles. The van der Waals surface area contributed by atoms with E-state index in [1.54, 1.807) is 36.4 Å². The van der Waals surface area contributed by atoms with Crippen molar-refractivity contribution >= 4 is 35.1 Å². The van der Waals surface area contributed by atoms with Gasteiger partial charge in [0.25, 0.3) is 11.8 Å². The lowest BCUT2D eigenvalue weighted by atomic mass is 9.98. The molecule has 0 aromatic heterocycles. The molecule has 5 aromatic rings. The van der Waals surface area contributed by atoms with Crippen molar-refractivity contribution in [2.75, 3.05) is 10.6 Å². The molecule has 0 saturated carbocycles. The Morgan fingerprint density at radius 3 is 1.10 bits per heavy atom. The third-order valence-corrected chi connectivity index (χ3v) is 6.60. The Kier molecular flexibility index (Phi) is 7.88. The van der Waals surface area contributed by atoms with Gasteiger partial charge in [0.15, 0.2) is 0 Å². The third-order valence-electron chi connectivity index (χ3n) is 6.60. The molecule has 0 radical (unpaired) electrons. The van der Waals surface area contributed by atoms with Gasteiger partial charge in [-0.05, 0) is 70.8 Å². The summed E-state index contributed by atoms with van der Waals surface area (Å²) in [6.45, 7) is 0.